The number of carbonyl (C=O) groups is 3. The van der Waals surface area contributed by atoms with Gasteiger partial charge in [0.1, 0.15) is 0 Å². The molecular weight excluding hydrogens is 332 g/mol. The highest BCUT2D eigenvalue weighted by Gasteiger charge is 2.22. The second-order valence-corrected chi connectivity index (χ2v) is 6.82. The monoisotopic (exact) mass is 358 g/mol. The number of nitrogens with one attached hydrogen (secondary N) is 1. The van der Waals surface area contributed by atoms with E-state index in [2.05, 4.69) is 5.32 Å². The van der Waals surface area contributed by atoms with Crippen LogP contribution in [-0.2, 0) is 9.59 Å². The van der Waals surface area contributed by atoms with Crippen molar-refractivity contribution in [2.24, 2.45) is 0 Å². The lowest BCUT2D eigenvalue weighted by Crippen LogP contribution is -2.51. The molecule has 1 aromatic rings. The van der Waals surface area contributed by atoms with Gasteiger partial charge in [0, 0.05) is 57.4 Å². The van der Waals surface area contributed by atoms with Crippen molar-refractivity contribution in [1.29, 1.82) is 0 Å². The standard InChI is InChI=1S/C19H26N4O3/c1-15(24)21-10-12-22(13-11-21)18(25)14-20-17-6-4-16(5-7-17)19(26)23-8-2-3-9-23/h4-7,20H,2-3,8-14H2,1H3. The van der Waals surface area contributed by atoms with Crippen molar-refractivity contribution in [3.8, 4) is 0 Å². The van der Waals surface area contributed by atoms with Crippen molar-refractivity contribution >= 4 is 23.4 Å². The molecule has 26 heavy (non-hydrogen) atoms. The van der Waals surface area contributed by atoms with E-state index in [9.17, 15) is 14.4 Å². The summed E-state index contributed by atoms with van der Waals surface area (Å²) in [4.78, 5) is 41.4. The first kappa shape index (κ1) is 18.2. The van der Waals surface area contributed by atoms with Gasteiger partial charge >= 0.3 is 0 Å². The molecule has 0 bridgehead atoms. The summed E-state index contributed by atoms with van der Waals surface area (Å²) in [5.41, 5.74) is 1.50. The quantitative estimate of drug-likeness (QED) is 0.872. The first-order valence-electron chi connectivity index (χ1n) is 9.21. The molecule has 0 aromatic heterocycles. The largest absolute Gasteiger partial charge is 0.376 e. The van der Waals surface area contributed by atoms with Crippen molar-refractivity contribution in [2.75, 3.05) is 51.1 Å². The predicted octanol–water partition coefficient (Wildman–Crippen LogP) is 1.03. The van der Waals surface area contributed by atoms with Crippen LogP contribution >= 0.6 is 0 Å². The topological polar surface area (TPSA) is 73.0 Å². The lowest BCUT2D eigenvalue weighted by atomic mass is 10.2. The number of hydrogen-bond acceptors (Lipinski definition) is 4. The lowest BCUT2D eigenvalue weighted by molar-refractivity contribution is -0.137. The Labute approximate surface area is 153 Å². The molecule has 7 nitrogen and oxygen atoms in total. The highest BCUT2D eigenvalue weighted by Crippen LogP contribution is 2.15. The summed E-state index contributed by atoms with van der Waals surface area (Å²) in [6.07, 6.45) is 2.16. The van der Waals surface area contributed by atoms with E-state index >= 15 is 0 Å². The Morgan fingerprint density at radius 1 is 0.846 bits per heavy atom. The van der Waals surface area contributed by atoms with Crippen molar-refractivity contribution in [2.45, 2.75) is 19.8 Å². The van der Waals surface area contributed by atoms with Gasteiger partial charge in [-0.3, -0.25) is 14.4 Å². The summed E-state index contributed by atoms with van der Waals surface area (Å²) >= 11 is 0. The molecule has 0 spiro atoms. The second-order valence-electron chi connectivity index (χ2n) is 6.82. The minimum atomic E-state index is 0.0189. The number of carbonyl (C=O) groups excluding carboxylic acids is 3. The van der Waals surface area contributed by atoms with Gasteiger partial charge in [-0.1, -0.05) is 0 Å². The van der Waals surface area contributed by atoms with E-state index in [0.717, 1.165) is 31.6 Å². The second kappa shape index (κ2) is 8.21. The predicted molar refractivity (Wildman–Crippen MR) is 98.9 cm³/mol. The first-order chi connectivity index (χ1) is 12.5. The Morgan fingerprint density at radius 2 is 1.42 bits per heavy atom. The Morgan fingerprint density at radius 3 is 2.00 bits per heavy atom. The van der Waals surface area contributed by atoms with E-state index in [1.54, 1.807) is 28.9 Å². The molecule has 2 saturated heterocycles. The third-order valence-electron chi connectivity index (χ3n) is 5.05. The van der Waals surface area contributed by atoms with Crippen molar-refractivity contribution in [3.05, 3.63) is 29.8 Å². The molecule has 7 heteroatoms. The van der Waals surface area contributed by atoms with Crippen LogP contribution in [0.4, 0.5) is 5.69 Å². The highest BCUT2D eigenvalue weighted by atomic mass is 16.2. The van der Waals surface area contributed by atoms with Crippen LogP contribution in [0.5, 0.6) is 0 Å². The zero-order valence-corrected chi connectivity index (χ0v) is 15.2. The van der Waals surface area contributed by atoms with Crippen LogP contribution in [-0.4, -0.2) is 78.2 Å². The Hall–Kier alpha value is -2.57. The average Bonchev–Trinajstić information content (AvgIpc) is 3.21. The van der Waals surface area contributed by atoms with Crippen LogP contribution in [0, 0.1) is 0 Å². The van der Waals surface area contributed by atoms with Crippen LogP contribution < -0.4 is 5.32 Å². The molecule has 0 unspecified atom stereocenters. The molecule has 1 aromatic carbocycles. The molecule has 1 N–H and O–H groups in total. The highest BCUT2D eigenvalue weighted by molar-refractivity contribution is 5.94. The first-order valence-corrected chi connectivity index (χ1v) is 9.21. The number of nitrogens with zero attached hydrogens (tertiary/aromatic N) is 3. The lowest BCUT2D eigenvalue weighted by Gasteiger charge is -2.34. The number of hydrogen-bond donors (Lipinski definition) is 1. The minimum Gasteiger partial charge on any atom is -0.376 e. The van der Waals surface area contributed by atoms with Crippen LogP contribution in [0.1, 0.15) is 30.1 Å². The summed E-state index contributed by atoms with van der Waals surface area (Å²) in [6.45, 7) is 5.76. The van der Waals surface area contributed by atoms with E-state index in [4.69, 9.17) is 0 Å². The van der Waals surface area contributed by atoms with Gasteiger partial charge in [-0.05, 0) is 37.1 Å². The number of piperazine rings is 1. The van der Waals surface area contributed by atoms with Gasteiger partial charge in [0.15, 0.2) is 0 Å². The maximum Gasteiger partial charge on any atom is 0.253 e. The summed E-state index contributed by atoms with van der Waals surface area (Å²) in [5.74, 6) is 0.151. The van der Waals surface area contributed by atoms with Gasteiger partial charge in [0.2, 0.25) is 11.8 Å². The van der Waals surface area contributed by atoms with E-state index in [0.29, 0.717) is 31.7 Å². The van der Waals surface area contributed by atoms with Crippen LogP contribution in [0.25, 0.3) is 0 Å². The molecule has 2 aliphatic rings. The number of anilines is 1. The Balaban J connectivity index is 1.46. The maximum absolute atomic E-state index is 12.3. The summed E-state index contributed by atoms with van der Waals surface area (Å²) in [5, 5.41) is 3.11. The van der Waals surface area contributed by atoms with Gasteiger partial charge in [0.25, 0.3) is 5.91 Å². The maximum atomic E-state index is 12.3. The zero-order chi connectivity index (χ0) is 18.5. The molecule has 0 aliphatic carbocycles. The molecule has 0 radical (unpaired) electrons. The van der Waals surface area contributed by atoms with Gasteiger partial charge in [-0.25, -0.2) is 0 Å². The Bertz CT molecular complexity index is 660. The molecule has 3 rings (SSSR count). The molecule has 140 valence electrons. The normalized spacial score (nSPS) is 17.3. The van der Waals surface area contributed by atoms with Crippen LogP contribution in [0.15, 0.2) is 24.3 Å². The fraction of sp³-hybridized carbons (Fsp3) is 0.526. The fourth-order valence-electron chi connectivity index (χ4n) is 3.39. The molecule has 2 aliphatic heterocycles. The third kappa shape index (κ3) is 4.33. The molecule has 3 amide bonds. The van der Waals surface area contributed by atoms with E-state index in [-0.39, 0.29) is 24.3 Å². The molecule has 0 atom stereocenters. The number of amides is 3. The molecule has 2 heterocycles. The summed E-state index contributed by atoms with van der Waals surface area (Å²) in [7, 11) is 0. The van der Waals surface area contributed by atoms with Crippen molar-refractivity contribution in [1.82, 2.24) is 14.7 Å². The van der Waals surface area contributed by atoms with Gasteiger partial charge in [-0.2, -0.15) is 0 Å². The SMILES string of the molecule is CC(=O)N1CCN(C(=O)CNc2ccc(C(=O)N3CCCC3)cc2)CC1. The van der Waals surface area contributed by atoms with Crippen LogP contribution in [0.2, 0.25) is 0 Å². The fourth-order valence-corrected chi connectivity index (χ4v) is 3.39. The average molecular weight is 358 g/mol. The number of benzene rings is 1. The smallest absolute Gasteiger partial charge is 0.253 e. The number of rotatable bonds is 4. The zero-order valence-electron chi connectivity index (χ0n) is 15.2. The van der Waals surface area contributed by atoms with Crippen molar-refractivity contribution < 1.29 is 14.4 Å². The van der Waals surface area contributed by atoms with E-state index < -0.39 is 0 Å². The molecule has 2 fully saturated rings. The summed E-state index contributed by atoms with van der Waals surface area (Å²) in [6, 6.07) is 7.28. The minimum absolute atomic E-state index is 0.0189. The van der Waals surface area contributed by atoms with Crippen LogP contribution in [0.3, 0.4) is 0 Å². The third-order valence-corrected chi connectivity index (χ3v) is 5.05. The van der Waals surface area contributed by atoms with E-state index in [1.165, 1.54) is 0 Å². The molecule has 0 saturated carbocycles. The van der Waals surface area contributed by atoms with Gasteiger partial charge in [-0.15, -0.1) is 0 Å². The van der Waals surface area contributed by atoms with Gasteiger partial charge < -0.3 is 20.0 Å². The number of likely N-dealkylation sites (tertiary alicyclic amines) is 1. The van der Waals surface area contributed by atoms with E-state index in [1.807, 2.05) is 17.0 Å². The van der Waals surface area contributed by atoms with Crippen molar-refractivity contribution in [3.63, 3.8) is 0 Å². The molecular formula is C19H26N4O3. The van der Waals surface area contributed by atoms with Gasteiger partial charge in [0.05, 0.1) is 6.54 Å². The Kier molecular flexibility index (Phi) is 5.75. The summed E-state index contributed by atoms with van der Waals surface area (Å²) < 4.78 is 0.